The maximum atomic E-state index is 2.47. The van der Waals surface area contributed by atoms with Crippen LogP contribution in [0.15, 0.2) is 72.8 Å². The molecule has 7 aromatic rings. The predicted octanol–water partition coefficient (Wildman–Crippen LogP) is 14.5. The van der Waals surface area contributed by atoms with Crippen LogP contribution in [-0.2, 0) is 12.8 Å². The van der Waals surface area contributed by atoms with Crippen LogP contribution in [0.1, 0.15) is 102 Å². The summed E-state index contributed by atoms with van der Waals surface area (Å²) in [6.45, 7) is 4.59. The molecule has 0 radical (unpaired) electrons. The van der Waals surface area contributed by atoms with Gasteiger partial charge in [-0.3, -0.25) is 0 Å². The summed E-state index contributed by atoms with van der Waals surface area (Å²) in [5, 5.41) is 11.2. The second-order valence-corrected chi connectivity index (χ2v) is 15.2. The first-order valence-electron chi connectivity index (χ1n) is 17.4. The van der Waals surface area contributed by atoms with Crippen molar-refractivity contribution in [1.29, 1.82) is 0 Å². The molecule has 2 heterocycles. The van der Waals surface area contributed by atoms with Crippen molar-refractivity contribution in [2.24, 2.45) is 0 Å². The Kier molecular flexibility index (Phi) is 9.19. The summed E-state index contributed by atoms with van der Waals surface area (Å²) in [6.07, 6.45) is 18.7. The summed E-state index contributed by atoms with van der Waals surface area (Å²) < 4.78 is 5.75. The fourth-order valence-corrected chi connectivity index (χ4v) is 9.82. The van der Waals surface area contributed by atoms with Gasteiger partial charge in [0.15, 0.2) is 0 Å². The average molecular weight is 615 g/mol. The van der Waals surface area contributed by atoms with Crippen LogP contribution in [0.2, 0.25) is 0 Å². The first-order valence-corrected chi connectivity index (χ1v) is 19.0. The van der Waals surface area contributed by atoms with Gasteiger partial charge >= 0.3 is 0 Å². The Morgan fingerprint density at radius 3 is 1.25 bits per heavy atom. The van der Waals surface area contributed by atoms with Gasteiger partial charge in [-0.1, -0.05) is 127 Å². The Labute approximate surface area is 271 Å². The van der Waals surface area contributed by atoms with E-state index in [4.69, 9.17) is 0 Å². The lowest BCUT2D eigenvalue weighted by atomic mass is 9.99. The SMILES string of the molecule is CCCCCCCCc1ccc2c(c1)sc1c3cc4ccc5c6ccc(CCCCCCCC)cc6sc5c4cc3ccc21. The van der Waals surface area contributed by atoms with Gasteiger partial charge < -0.3 is 0 Å². The van der Waals surface area contributed by atoms with E-state index in [9.17, 15) is 0 Å². The van der Waals surface area contributed by atoms with Crippen molar-refractivity contribution in [2.45, 2.75) is 104 Å². The van der Waals surface area contributed by atoms with E-state index in [0.717, 1.165) is 0 Å². The van der Waals surface area contributed by atoms with Crippen molar-refractivity contribution >= 4 is 84.6 Å². The van der Waals surface area contributed by atoms with Crippen molar-refractivity contribution in [1.82, 2.24) is 0 Å². The molecule has 0 N–H and O–H groups in total. The minimum absolute atomic E-state index is 1.20. The minimum atomic E-state index is 1.20. The maximum Gasteiger partial charge on any atom is 0.0434 e. The molecule has 5 aromatic carbocycles. The summed E-state index contributed by atoms with van der Waals surface area (Å²) in [4.78, 5) is 0. The number of benzene rings is 5. The van der Waals surface area contributed by atoms with Crippen LogP contribution in [0.25, 0.3) is 61.9 Å². The third-order valence-electron chi connectivity index (χ3n) is 9.79. The molecule has 7 rings (SSSR count). The Morgan fingerprint density at radius 2 is 0.795 bits per heavy atom. The monoisotopic (exact) mass is 614 g/mol. The van der Waals surface area contributed by atoms with Crippen molar-refractivity contribution in [3.63, 3.8) is 0 Å². The molecule has 0 atom stereocenters. The van der Waals surface area contributed by atoms with Crippen molar-refractivity contribution < 1.29 is 0 Å². The van der Waals surface area contributed by atoms with E-state index in [0.29, 0.717) is 0 Å². The van der Waals surface area contributed by atoms with Crippen LogP contribution in [0.5, 0.6) is 0 Å². The topological polar surface area (TPSA) is 0 Å². The first-order chi connectivity index (χ1) is 21.7. The van der Waals surface area contributed by atoms with Gasteiger partial charge in [-0.2, -0.15) is 0 Å². The number of hydrogen-bond donors (Lipinski definition) is 0. The van der Waals surface area contributed by atoms with Gasteiger partial charge in [0.1, 0.15) is 0 Å². The molecule has 0 saturated carbocycles. The number of rotatable bonds is 14. The van der Waals surface area contributed by atoms with Gasteiger partial charge in [0, 0.05) is 51.1 Å². The molecule has 0 spiro atoms. The summed E-state index contributed by atoms with van der Waals surface area (Å²) in [5.41, 5.74) is 2.99. The lowest BCUT2D eigenvalue weighted by Gasteiger charge is -2.05. The van der Waals surface area contributed by atoms with Gasteiger partial charge in [0.2, 0.25) is 0 Å². The van der Waals surface area contributed by atoms with Crippen molar-refractivity contribution in [2.75, 3.05) is 0 Å². The largest absolute Gasteiger partial charge is 0.135 e. The second kappa shape index (κ2) is 13.6. The maximum absolute atomic E-state index is 2.47. The van der Waals surface area contributed by atoms with Crippen LogP contribution >= 0.6 is 22.7 Å². The average Bonchev–Trinajstić information content (AvgIpc) is 3.61. The van der Waals surface area contributed by atoms with E-state index in [1.807, 2.05) is 22.7 Å². The minimum Gasteiger partial charge on any atom is -0.135 e. The highest BCUT2D eigenvalue weighted by molar-refractivity contribution is 7.27. The van der Waals surface area contributed by atoms with E-state index in [2.05, 4.69) is 86.6 Å². The van der Waals surface area contributed by atoms with Crippen molar-refractivity contribution in [3.05, 3.63) is 83.9 Å². The Hall–Kier alpha value is -2.94. The zero-order valence-corrected chi connectivity index (χ0v) is 28.3. The summed E-state index contributed by atoms with van der Waals surface area (Å²) in [5.74, 6) is 0. The smallest absolute Gasteiger partial charge is 0.0434 e. The van der Waals surface area contributed by atoms with Gasteiger partial charge in [-0.15, -0.1) is 22.7 Å². The lowest BCUT2D eigenvalue weighted by Crippen LogP contribution is -1.86. The molecule has 44 heavy (non-hydrogen) atoms. The van der Waals surface area contributed by atoms with Gasteiger partial charge in [-0.25, -0.2) is 0 Å². The fraction of sp³-hybridized carbons (Fsp3) is 0.381. The highest BCUT2D eigenvalue weighted by Crippen LogP contribution is 2.43. The zero-order valence-electron chi connectivity index (χ0n) is 26.6. The lowest BCUT2D eigenvalue weighted by molar-refractivity contribution is 0.607. The summed E-state index contributed by atoms with van der Waals surface area (Å²) in [6, 6.07) is 28.9. The summed E-state index contributed by atoms with van der Waals surface area (Å²) >= 11 is 3.97. The van der Waals surface area contributed by atoms with Gasteiger partial charge in [-0.05, 0) is 71.8 Å². The quantitative estimate of drug-likeness (QED) is 0.0844. The molecule has 0 fully saturated rings. The first kappa shape index (κ1) is 29.8. The number of thiophene rings is 2. The van der Waals surface area contributed by atoms with Gasteiger partial charge in [0.25, 0.3) is 0 Å². The van der Waals surface area contributed by atoms with E-state index >= 15 is 0 Å². The predicted molar refractivity (Wildman–Crippen MR) is 201 cm³/mol. The number of hydrogen-bond acceptors (Lipinski definition) is 2. The van der Waals surface area contributed by atoms with Crippen LogP contribution in [-0.4, -0.2) is 0 Å². The second-order valence-electron chi connectivity index (χ2n) is 13.1. The van der Waals surface area contributed by atoms with E-state index in [-0.39, 0.29) is 0 Å². The third kappa shape index (κ3) is 6.01. The van der Waals surface area contributed by atoms with Crippen LogP contribution in [0.4, 0.5) is 0 Å². The normalized spacial score (nSPS) is 12.2. The molecule has 0 aliphatic rings. The molecule has 226 valence electrons. The standard InChI is InChI=1S/C42H46S2/c1-3-5-7-9-11-13-15-29-17-21-33-35-23-19-31-28-38-32(27-37(31)41(35)43-39(33)25-29)20-24-36-34-22-18-30(26-40(34)44-42(36)38)16-14-12-10-8-6-4-2/h17-28H,3-16H2,1-2H3. The molecule has 2 heteroatoms. The van der Waals surface area contributed by atoms with E-state index in [1.54, 1.807) is 0 Å². The summed E-state index contributed by atoms with van der Waals surface area (Å²) in [7, 11) is 0. The van der Waals surface area contributed by atoms with Crippen LogP contribution in [0.3, 0.4) is 0 Å². The number of unbranched alkanes of at least 4 members (excludes halogenated alkanes) is 10. The molecule has 0 nitrogen and oxygen atoms in total. The highest BCUT2D eigenvalue weighted by atomic mass is 32.1. The third-order valence-corrected chi connectivity index (χ3v) is 12.2. The molecule has 0 amide bonds. The number of fused-ring (bicyclic) bond motifs is 10. The molecule has 0 saturated heterocycles. The van der Waals surface area contributed by atoms with E-state index in [1.165, 1.54) is 163 Å². The fourth-order valence-electron chi connectivity index (χ4n) is 7.23. The molecular weight excluding hydrogens is 569 g/mol. The highest BCUT2D eigenvalue weighted by Gasteiger charge is 2.14. The molecule has 2 aromatic heterocycles. The molecular formula is C42H46S2. The molecule has 0 unspecified atom stereocenters. The Morgan fingerprint density at radius 1 is 0.386 bits per heavy atom. The van der Waals surface area contributed by atoms with Crippen LogP contribution in [0, 0.1) is 0 Å². The molecule has 0 bridgehead atoms. The Balaban J connectivity index is 1.18. The zero-order chi connectivity index (χ0) is 29.9. The molecule has 0 aliphatic carbocycles. The van der Waals surface area contributed by atoms with Crippen molar-refractivity contribution in [3.8, 4) is 0 Å². The van der Waals surface area contributed by atoms with Gasteiger partial charge in [0.05, 0.1) is 0 Å². The van der Waals surface area contributed by atoms with E-state index < -0.39 is 0 Å². The number of aryl methyl sites for hydroxylation is 2. The van der Waals surface area contributed by atoms with Crippen LogP contribution < -0.4 is 0 Å². The molecule has 0 aliphatic heterocycles. The Bertz CT molecular complexity index is 1900.